The van der Waals surface area contributed by atoms with Crippen LogP contribution in [-0.4, -0.2) is 37.0 Å². The highest BCUT2D eigenvalue weighted by atomic mass is 79.9. The van der Waals surface area contributed by atoms with Gasteiger partial charge in [0.15, 0.2) is 0 Å². The van der Waals surface area contributed by atoms with Gasteiger partial charge in [-0.25, -0.2) is 0 Å². The Morgan fingerprint density at radius 2 is 1.00 bits per heavy atom. The van der Waals surface area contributed by atoms with Crippen molar-refractivity contribution in [2.45, 2.75) is 12.1 Å². The molecule has 22 heavy (non-hydrogen) atoms. The maximum atomic E-state index is 3.51. The summed E-state index contributed by atoms with van der Waals surface area (Å²) in [6, 6.07) is 18.3. The molecule has 0 bridgehead atoms. The van der Waals surface area contributed by atoms with Crippen LogP contribution in [0.2, 0.25) is 0 Å². The molecule has 0 aromatic heterocycles. The highest BCUT2D eigenvalue weighted by molar-refractivity contribution is 9.10. The summed E-state index contributed by atoms with van der Waals surface area (Å²) in [5, 5.41) is 0. The average molecular weight is 424 g/mol. The maximum Gasteiger partial charge on any atom is 0.0473 e. The van der Waals surface area contributed by atoms with Crippen LogP contribution < -0.4 is 0 Å². The summed E-state index contributed by atoms with van der Waals surface area (Å²) >= 11 is 7.03. The molecule has 1 heterocycles. The van der Waals surface area contributed by atoms with Gasteiger partial charge in [0.2, 0.25) is 0 Å². The first kappa shape index (κ1) is 16.2. The zero-order chi connectivity index (χ0) is 15.7. The Bertz CT molecular complexity index is 567. The Morgan fingerprint density at radius 3 is 1.32 bits per heavy atom. The van der Waals surface area contributed by atoms with Crippen LogP contribution in [0.1, 0.15) is 23.2 Å². The maximum absolute atomic E-state index is 3.51. The van der Waals surface area contributed by atoms with E-state index in [-0.39, 0.29) is 0 Å². The normalized spacial score (nSPS) is 23.6. The molecule has 0 amide bonds. The van der Waals surface area contributed by atoms with Gasteiger partial charge in [-0.1, -0.05) is 56.1 Å². The van der Waals surface area contributed by atoms with Crippen molar-refractivity contribution in [3.8, 4) is 0 Å². The summed E-state index contributed by atoms with van der Waals surface area (Å²) in [5.74, 6) is 0. The van der Waals surface area contributed by atoms with Crippen molar-refractivity contribution < 1.29 is 0 Å². The fourth-order valence-electron chi connectivity index (χ4n) is 3.17. The standard InChI is InChI=1S/C18H20Br2N2/c1-21-11-18(14-5-9-16(20)10-6-14)22(2)12-17(21)13-3-7-15(19)8-4-13/h3-10,17-18H,11-12H2,1-2H3/t17-,18+. The zero-order valence-electron chi connectivity index (χ0n) is 12.8. The number of halogens is 2. The quantitative estimate of drug-likeness (QED) is 0.679. The minimum Gasteiger partial charge on any atom is -0.296 e. The first-order valence-corrected chi connectivity index (χ1v) is 9.04. The molecule has 1 fully saturated rings. The van der Waals surface area contributed by atoms with E-state index in [4.69, 9.17) is 0 Å². The molecule has 4 heteroatoms. The lowest BCUT2D eigenvalue weighted by Crippen LogP contribution is -2.46. The van der Waals surface area contributed by atoms with E-state index >= 15 is 0 Å². The molecule has 0 N–H and O–H groups in total. The van der Waals surface area contributed by atoms with Crippen LogP contribution in [0.3, 0.4) is 0 Å². The molecule has 0 aliphatic carbocycles. The molecule has 1 aliphatic rings. The minimum absolute atomic E-state index is 0.449. The third-order valence-electron chi connectivity index (χ3n) is 4.50. The molecule has 1 saturated heterocycles. The van der Waals surface area contributed by atoms with Crippen LogP contribution in [0.5, 0.6) is 0 Å². The number of piperazine rings is 1. The van der Waals surface area contributed by atoms with E-state index in [0.29, 0.717) is 12.1 Å². The predicted molar refractivity (Wildman–Crippen MR) is 99.0 cm³/mol. The highest BCUT2D eigenvalue weighted by Gasteiger charge is 2.31. The topological polar surface area (TPSA) is 6.48 Å². The summed E-state index contributed by atoms with van der Waals surface area (Å²) in [4.78, 5) is 4.94. The van der Waals surface area contributed by atoms with Gasteiger partial charge in [0.25, 0.3) is 0 Å². The number of nitrogens with zero attached hydrogens (tertiary/aromatic N) is 2. The van der Waals surface area contributed by atoms with E-state index in [2.05, 4.69) is 104 Å². The lowest BCUT2D eigenvalue weighted by Gasteiger charge is -2.43. The lowest BCUT2D eigenvalue weighted by molar-refractivity contribution is 0.0623. The van der Waals surface area contributed by atoms with E-state index in [0.717, 1.165) is 22.0 Å². The van der Waals surface area contributed by atoms with Gasteiger partial charge < -0.3 is 0 Å². The molecule has 0 spiro atoms. The van der Waals surface area contributed by atoms with Crippen molar-refractivity contribution in [1.29, 1.82) is 0 Å². The van der Waals surface area contributed by atoms with E-state index in [1.165, 1.54) is 11.1 Å². The molecule has 1 aliphatic heterocycles. The van der Waals surface area contributed by atoms with Crippen molar-refractivity contribution in [2.75, 3.05) is 27.2 Å². The SMILES string of the molecule is CN1C[C@@H](c2ccc(Br)cc2)N(C)C[C@@H]1c1ccc(Br)cc1. The molecular formula is C18H20Br2N2. The van der Waals surface area contributed by atoms with E-state index < -0.39 is 0 Å². The number of likely N-dealkylation sites (N-methyl/N-ethyl adjacent to an activating group) is 2. The largest absolute Gasteiger partial charge is 0.296 e. The second-order valence-electron chi connectivity index (χ2n) is 6.01. The van der Waals surface area contributed by atoms with Gasteiger partial charge in [0.1, 0.15) is 0 Å². The van der Waals surface area contributed by atoms with Crippen LogP contribution in [0.15, 0.2) is 57.5 Å². The average Bonchev–Trinajstić information content (AvgIpc) is 2.51. The number of rotatable bonds is 2. The summed E-state index contributed by atoms with van der Waals surface area (Å²) < 4.78 is 2.27. The second kappa shape index (κ2) is 6.83. The summed E-state index contributed by atoms with van der Waals surface area (Å²) in [6.45, 7) is 2.08. The fraction of sp³-hybridized carbons (Fsp3) is 0.333. The first-order valence-electron chi connectivity index (χ1n) is 7.46. The second-order valence-corrected chi connectivity index (χ2v) is 7.85. The van der Waals surface area contributed by atoms with Gasteiger partial charge in [-0.3, -0.25) is 9.80 Å². The molecule has 116 valence electrons. The van der Waals surface area contributed by atoms with Gasteiger partial charge in [0, 0.05) is 34.1 Å². The van der Waals surface area contributed by atoms with Crippen molar-refractivity contribution in [1.82, 2.24) is 9.80 Å². The van der Waals surface area contributed by atoms with Crippen LogP contribution in [0.4, 0.5) is 0 Å². The Kier molecular flexibility index (Phi) is 5.03. The van der Waals surface area contributed by atoms with Crippen molar-refractivity contribution in [3.05, 3.63) is 68.6 Å². The van der Waals surface area contributed by atoms with Gasteiger partial charge in [-0.2, -0.15) is 0 Å². The van der Waals surface area contributed by atoms with E-state index in [9.17, 15) is 0 Å². The van der Waals surface area contributed by atoms with Crippen molar-refractivity contribution in [2.24, 2.45) is 0 Å². The van der Waals surface area contributed by atoms with Crippen molar-refractivity contribution in [3.63, 3.8) is 0 Å². The monoisotopic (exact) mass is 422 g/mol. The first-order chi connectivity index (χ1) is 10.5. The lowest BCUT2D eigenvalue weighted by atomic mass is 9.97. The summed E-state index contributed by atoms with van der Waals surface area (Å²) in [6.07, 6.45) is 0. The summed E-state index contributed by atoms with van der Waals surface area (Å²) in [7, 11) is 4.46. The Balaban J connectivity index is 1.79. The van der Waals surface area contributed by atoms with E-state index in [1.54, 1.807) is 0 Å². The third kappa shape index (κ3) is 3.46. The van der Waals surface area contributed by atoms with Crippen LogP contribution in [-0.2, 0) is 0 Å². The number of hydrogen-bond acceptors (Lipinski definition) is 2. The molecule has 2 nitrogen and oxygen atoms in total. The van der Waals surface area contributed by atoms with Crippen LogP contribution >= 0.6 is 31.9 Å². The van der Waals surface area contributed by atoms with Gasteiger partial charge >= 0.3 is 0 Å². The van der Waals surface area contributed by atoms with Gasteiger partial charge in [-0.15, -0.1) is 0 Å². The number of benzene rings is 2. The molecule has 0 unspecified atom stereocenters. The predicted octanol–water partition coefficient (Wildman–Crippen LogP) is 4.87. The van der Waals surface area contributed by atoms with E-state index in [1.807, 2.05) is 0 Å². The molecule has 0 radical (unpaired) electrons. The Labute approximate surface area is 149 Å². The Hall–Kier alpha value is -0.680. The zero-order valence-corrected chi connectivity index (χ0v) is 16.0. The summed E-state index contributed by atoms with van der Waals surface area (Å²) in [5.41, 5.74) is 2.76. The highest BCUT2D eigenvalue weighted by Crippen LogP contribution is 2.33. The molecule has 0 saturated carbocycles. The van der Waals surface area contributed by atoms with Gasteiger partial charge in [-0.05, 0) is 49.5 Å². The smallest absolute Gasteiger partial charge is 0.0473 e. The Morgan fingerprint density at radius 1 is 0.682 bits per heavy atom. The van der Waals surface area contributed by atoms with Crippen LogP contribution in [0, 0.1) is 0 Å². The van der Waals surface area contributed by atoms with Crippen LogP contribution in [0.25, 0.3) is 0 Å². The molecule has 2 aromatic carbocycles. The van der Waals surface area contributed by atoms with Crippen molar-refractivity contribution >= 4 is 31.9 Å². The number of hydrogen-bond donors (Lipinski definition) is 0. The molecule has 3 rings (SSSR count). The molecule has 2 aromatic rings. The molecule has 2 atom stereocenters. The molecular weight excluding hydrogens is 404 g/mol. The fourth-order valence-corrected chi connectivity index (χ4v) is 3.70. The third-order valence-corrected chi connectivity index (χ3v) is 5.55. The minimum atomic E-state index is 0.449. The van der Waals surface area contributed by atoms with Gasteiger partial charge in [0.05, 0.1) is 0 Å².